The van der Waals surface area contributed by atoms with Crippen LogP contribution in [0.2, 0.25) is 0 Å². The molecule has 1 aromatic rings. The summed E-state index contributed by atoms with van der Waals surface area (Å²) in [6.45, 7) is 1.78. The molecule has 0 aliphatic rings. The van der Waals surface area contributed by atoms with Gasteiger partial charge < -0.3 is 15.7 Å². The minimum absolute atomic E-state index is 0.0577. The molecule has 0 aliphatic heterocycles. The number of carbonyl (C=O) groups is 2. The Bertz CT molecular complexity index is 495. The number of amides is 2. The van der Waals surface area contributed by atoms with Gasteiger partial charge in [0.15, 0.2) is 0 Å². The van der Waals surface area contributed by atoms with Crippen molar-refractivity contribution in [3.63, 3.8) is 0 Å². The molecule has 1 unspecified atom stereocenters. The van der Waals surface area contributed by atoms with Crippen LogP contribution in [0.3, 0.4) is 0 Å². The molecule has 0 saturated heterocycles. The standard InChI is InChI=1S/C13H16F2N2O3/c1-2-3-8(12(18)19)7-16-13(20)17-11-5-4-9(14)6-10(11)15/h4-6,8H,2-3,7H2,1H3,(H,18,19)(H2,16,17,20). The average molecular weight is 286 g/mol. The summed E-state index contributed by atoms with van der Waals surface area (Å²) in [5, 5.41) is 13.4. The molecule has 1 rings (SSSR count). The molecule has 2 amide bonds. The van der Waals surface area contributed by atoms with Gasteiger partial charge in [-0.05, 0) is 18.6 Å². The van der Waals surface area contributed by atoms with Crippen molar-refractivity contribution in [2.24, 2.45) is 5.92 Å². The van der Waals surface area contributed by atoms with E-state index in [2.05, 4.69) is 10.6 Å². The molecule has 7 heteroatoms. The Labute approximate surface area is 115 Å². The first-order valence-corrected chi connectivity index (χ1v) is 6.16. The monoisotopic (exact) mass is 286 g/mol. The second kappa shape index (κ2) is 7.42. The van der Waals surface area contributed by atoms with Gasteiger partial charge in [-0.15, -0.1) is 0 Å². The Morgan fingerprint density at radius 1 is 1.35 bits per heavy atom. The van der Waals surface area contributed by atoms with Crippen LogP contribution < -0.4 is 10.6 Å². The van der Waals surface area contributed by atoms with E-state index in [0.29, 0.717) is 18.9 Å². The number of rotatable bonds is 6. The molecule has 1 aromatic carbocycles. The number of aliphatic carboxylic acids is 1. The first-order chi connectivity index (χ1) is 9.43. The number of carboxylic acids is 1. The number of hydrogen-bond donors (Lipinski definition) is 3. The fourth-order valence-electron chi connectivity index (χ4n) is 1.63. The summed E-state index contributed by atoms with van der Waals surface area (Å²) in [5.74, 6) is -3.34. The van der Waals surface area contributed by atoms with E-state index in [1.54, 1.807) is 0 Å². The second-order valence-electron chi connectivity index (χ2n) is 4.28. The maximum atomic E-state index is 13.3. The van der Waals surface area contributed by atoms with Gasteiger partial charge in [0.2, 0.25) is 0 Å². The van der Waals surface area contributed by atoms with Gasteiger partial charge in [-0.1, -0.05) is 13.3 Å². The van der Waals surface area contributed by atoms with Crippen molar-refractivity contribution in [2.45, 2.75) is 19.8 Å². The molecule has 0 fully saturated rings. The lowest BCUT2D eigenvalue weighted by atomic mass is 10.0. The topological polar surface area (TPSA) is 78.4 Å². The Hall–Kier alpha value is -2.18. The van der Waals surface area contributed by atoms with Crippen molar-refractivity contribution in [1.29, 1.82) is 0 Å². The van der Waals surface area contributed by atoms with Crippen LogP contribution in [0.4, 0.5) is 19.3 Å². The maximum absolute atomic E-state index is 13.3. The first-order valence-electron chi connectivity index (χ1n) is 6.16. The van der Waals surface area contributed by atoms with Crippen LogP contribution in [0.25, 0.3) is 0 Å². The SMILES string of the molecule is CCCC(CNC(=O)Nc1ccc(F)cc1F)C(=O)O. The van der Waals surface area contributed by atoms with Crippen LogP contribution in [0.1, 0.15) is 19.8 Å². The third-order valence-corrected chi connectivity index (χ3v) is 2.67. The average Bonchev–Trinajstić information content (AvgIpc) is 2.37. The van der Waals surface area contributed by atoms with Crippen molar-refractivity contribution in [1.82, 2.24) is 5.32 Å². The Kier molecular flexibility index (Phi) is 5.89. The van der Waals surface area contributed by atoms with Gasteiger partial charge in [-0.2, -0.15) is 0 Å². The highest BCUT2D eigenvalue weighted by Gasteiger charge is 2.17. The van der Waals surface area contributed by atoms with Crippen LogP contribution in [-0.2, 0) is 4.79 Å². The van der Waals surface area contributed by atoms with E-state index in [0.717, 1.165) is 12.1 Å². The third-order valence-electron chi connectivity index (χ3n) is 2.67. The summed E-state index contributed by atoms with van der Waals surface area (Å²) >= 11 is 0. The van der Waals surface area contributed by atoms with Gasteiger partial charge in [0.1, 0.15) is 11.6 Å². The highest BCUT2D eigenvalue weighted by molar-refractivity contribution is 5.89. The molecule has 0 bridgehead atoms. The van der Waals surface area contributed by atoms with E-state index in [1.807, 2.05) is 6.92 Å². The normalized spacial score (nSPS) is 11.8. The van der Waals surface area contributed by atoms with Crippen LogP contribution in [-0.4, -0.2) is 23.7 Å². The van der Waals surface area contributed by atoms with E-state index in [-0.39, 0.29) is 12.2 Å². The lowest BCUT2D eigenvalue weighted by Crippen LogP contribution is -2.35. The van der Waals surface area contributed by atoms with Gasteiger partial charge >= 0.3 is 12.0 Å². The van der Waals surface area contributed by atoms with Crippen molar-refractivity contribution >= 4 is 17.7 Å². The van der Waals surface area contributed by atoms with E-state index < -0.39 is 29.6 Å². The fraction of sp³-hybridized carbons (Fsp3) is 0.385. The second-order valence-corrected chi connectivity index (χ2v) is 4.28. The molecular formula is C13H16F2N2O3. The Morgan fingerprint density at radius 3 is 2.60 bits per heavy atom. The first kappa shape index (κ1) is 15.9. The molecule has 0 spiro atoms. The zero-order valence-electron chi connectivity index (χ0n) is 11.0. The van der Waals surface area contributed by atoms with Crippen LogP contribution >= 0.6 is 0 Å². The van der Waals surface area contributed by atoms with Crippen molar-refractivity contribution in [3.8, 4) is 0 Å². The third kappa shape index (κ3) is 4.83. The minimum Gasteiger partial charge on any atom is -0.481 e. The molecule has 110 valence electrons. The van der Waals surface area contributed by atoms with Gasteiger partial charge in [-0.25, -0.2) is 13.6 Å². The predicted molar refractivity (Wildman–Crippen MR) is 69.4 cm³/mol. The van der Waals surface area contributed by atoms with Crippen molar-refractivity contribution in [2.75, 3.05) is 11.9 Å². The Balaban J connectivity index is 2.53. The fourth-order valence-corrected chi connectivity index (χ4v) is 1.63. The number of benzene rings is 1. The van der Waals surface area contributed by atoms with E-state index in [1.165, 1.54) is 0 Å². The molecule has 0 aromatic heterocycles. The molecule has 5 nitrogen and oxygen atoms in total. The van der Waals surface area contributed by atoms with Gasteiger partial charge in [0, 0.05) is 12.6 Å². The van der Waals surface area contributed by atoms with Gasteiger partial charge in [0.25, 0.3) is 0 Å². The summed E-state index contributed by atoms with van der Waals surface area (Å²) in [6, 6.07) is 2.01. The number of carbonyl (C=O) groups excluding carboxylic acids is 1. The molecule has 0 aliphatic carbocycles. The highest BCUT2D eigenvalue weighted by atomic mass is 19.1. The summed E-state index contributed by atoms with van der Waals surface area (Å²) in [6.07, 6.45) is 1.10. The van der Waals surface area contributed by atoms with E-state index in [4.69, 9.17) is 5.11 Å². The van der Waals surface area contributed by atoms with E-state index in [9.17, 15) is 18.4 Å². The smallest absolute Gasteiger partial charge is 0.319 e. The summed E-state index contributed by atoms with van der Waals surface area (Å²) in [5.41, 5.74) is -0.175. The number of anilines is 1. The molecule has 3 N–H and O–H groups in total. The molecule has 0 heterocycles. The lowest BCUT2D eigenvalue weighted by Gasteiger charge is -2.13. The van der Waals surface area contributed by atoms with Crippen LogP contribution in [0, 0.1) is 17.6 Å². The number of nitrogens with one attached hydrogen (secondary N) is 2. The summed E-state index contributed by atoms with van der Waals surface area (Å²) in [4.78, 5) is 22.4. The lowest BCUT2D eigenvalue weighted by molar-refractivity contribution is -0.141. The Morgan fingerprint density at radius 2 is 2.05 bits per heavy atom. The zero-order valence-corrected chi connectivity index (χ0v) is 11.0. The molecule has 0 saturated carbocycles. The molecule has 20 heavy (non-hydrogen) atoms. The maximum Gasteiger partial charge on any atom is 0.319 e. The number of halogens is 2. The number of urea groups is 1. The predicted octanol–water partition coefficient (Wildman–Crippen LogP) is 2.59. The number of carboxylic acid groups (broad SMARTS) is 1. The molecular weight excluding hydrogens is 270 g/mol. The van der Waals surface area contributed by atoms with Gasteiger partial charge in [-0.3, -0.25) is 4.79 Å². The zero-order chi connectivity index (χ0) is 15.1. The van der Waals surface area contributed by atoms with Crippen molar-refractivity contribution < 1.29 is 23.5 Å². The van der Waals surface area contributed by atoms with Crippen LogP contribution in [0.15, 0.2) is 18.2 Å². The largest absolute Gasteiger partial charge is 0.481 e. The van der Waals surface area contributed by atoms with Crippen molar-refractivity contribution in [3.05, 3.63) is 29.8 Å². The summed E-state index contributed by atoms with van der Waals surface area (Å²) in [7, 11) is 0. The van der Waals surface area contributed by atoms with Gasteiger partial charge in [0.05, 0.1) is 11.6 Å². The quantitative estimate of drug-likeness (QED) is 0.752. The highest BCUT2D eigenvalue weighted by Crippen LogP contribution is 2.14. The minimum atomic E-state index is -1.000. The molecule has 1 atom stereocenters. The number of hydrogen-bond acceptors (Lipinski definition) is 2. The van der Waals surface area contributed by atoms with Crippen LogP contribution in [0.5, 0.6) is 0 Å². The van der Waals surface area contributed by atoms with E-state index >= 15 is 0 Å². The molecule has 0 radical (unpaired) electrons. The summed E-state index contributed by atoms with van der Waals surface area (Å²) < 4.78 is 26.0.